The van der Waals surface area contributed by atoms with Crippen LogP contribution >= 0.6 is 0 Å². The van der Waals surface area contributed by atoms with Crippen molar-refractivity contribution in [1.82, 2.24) is 10.3 Å². The molecule has 0 aliphatic carbocycles. The third-order valence-electron chi connectivity index (χ3n) is 7.94. The van der Waals surface area contributed by atoms with Gasteiger partial charge in [-0.25, -0.2) is 0 Å². The summed E-state index contributed by atoms with van der Waals surface area (Å²) < 4.78 is 0. The Kier molecular flexibility index (Phi) is 8.38. The number of aromatic nitrogens is 1. The van der Waals surface area contributed by atoms with Gasteiger partial charge >= 0.3 is 0 Å². The molecule has 5 aromatic rings. The van der Waals surface area contributed by atoms with Gasteiger partial charge in [-0.3, -0.25) is 14.6 Å². The minimum absolute atomic E-state index is 0.0237. The second-order valence-corrected chi connectivity index (χ2v) is 10.8. The Morgan fingerprint density at radius 1 is 0.860 bits per heavy atom. The number of anilines is 2. The normalized spacial score (nSPS) is 12.9. The van der Waals surface area contributed by atoms with E-state index < -0.39 is 0 Å². The molecule has 0 radical (unpaired) electrons. The highest BCUT2D eigenvalue weighted by atomic mass is 16.2. The number of rotatable bonds is 9. The van der Waals surface area contributed by atoms with Crippen molar-refractivity contribution >= 4 is 23.2 Å². The molecule has 6 heteroatoms. The number of nitrogens with one attached hydrogen (secondary N) is 2. The molecular weight excluding hydrogens is 532 g/mol. The minimum atomic E-state index is -0.168. The summed E-state index contributed by atoms with van der Waals surface area (Å²) in [6, 6.07) is 38.0. The van der Waals surface area contributed by atoms with Gasteiger partial charge in [0.25, 0.3) is 5.91 Å². The lowest BCUT2D eigenvalue weighted by atomic mass is 9.97. The molecule has 0 fully saturated rings. The van der Waals surface area contributed by atoms with Gasteiger partial charge in [0.05, 0.1) is 6.42 Å². The van der Waals surface area contributed by atoms with Crippen molar-refractivity contribution in [2.24, 2.45) is 0 Å². The maximum absolute atomic E-state index is 13.5. The minimum Gasteiger partial charge on any atom is -0.322 e. The van der Waals surface area contributed by atoms with Gasteiger partial charge in [0, 0.05) is 48.0 Å². The first-order chi connectivity index (χ1) is 21.0. The summed E-state index contributed by atoms with van der Waals surface area (Å²) in [4.78, 5) is 32.5. The molecule has 0 saturated heterocycles. The quantitative estimate of drug-likeness (QED) is 0.202. The Bertz CT molecular complexity index is 1720. The largest absolute Gasteiger partial charge is 0.322 e. The number of hydrogen-bond donors (Lipinski definition) is 2. The average molecular weight is 567 g/mol. The van der Waals surface area contributed by atoms with E-state index in [1.165, 1.54) is 11.1 Å². The predicted octanol–water partition coefficient (Wildman–Crippen LogP) is 6.98. The smallest absolute Gasteiger partial charge is 0.256 e. The van der Waals surface area contributed by atoms with Crippen LogP contribution in [0.4, 0.5) is 11.4 Å². The number of carbonyl (C=O) groups is 2. The molecule has 1 unspecified atom stereocenters. The summed E-state index contributed by atoms with van der Waals surface area (Å²) in [7, 11) is 0. The molecule has 0 bridgehead atoms. The summed E-state index contributed by atoms with van der Waals surface area (Å²) in [6.45, 7) is 3.58. The standard InChI is InChI=1S/C37H34N4O2/c1-26(39-25-27-9-3-2-4-10-27)28-14-16-29(17-15-28)33-12-5-6-13-34(33)37(43)40-32-18-19-35-30(23-32)20-22-41(35)36(42)24-31-11-7-8-21-38-31/h2-19,21,23,26,39H,20,22,24-25H2,1H3,(H,40,43). The summed E-state index contributed by atoms with van der Waals surface area (Å²) in [5.41, 5.74) is 8.33. The Balaban J connectivity index is 1.12. The van der Waals surface area contributed by atoms with E-state index in [1.54, 1.807) is 6.20 Å². The highest BCUT2D eigenvalue weighted by Crippen LogP contribution is 2.32. The second-order valence-electron chi connectivity index (χ2n) is 10.8. The monoisotopic (exact) mass is 566 g/mol. The summed E-state index contributed by atoms with van der Waals surface area (Å²) >= 11 is 0. The van der Waals surface area contributed by atoms with E-state index in [1.807, 2.05) is 71.6 Å². The van der Waals surface area contributed by atoms with Crippen molar-refractivity contribution < 1.29 is 9.59 Å². The number of amides is 2. The van der Waals surface area contributed by atoms with E-state index in [0.29, 0.717) is 17.8 Å². The topological polar surface area (TPSA) is 74.3 Å². The van der Waals surface area contributed by atoms with E-state index in [9.17, 15) is 9.59 Å². The predicted molar refractivity (Wildman–Crippen MR) is 172 cm³/mol. The molecular formula is C37H34N4O2. The third-order valence-corrected chi connectivity index (χ3v) is 7.94. The van der Waals surface area contributed by atoms with Crippen LogP contribution in [0.2, 0.25) is 0 Å². The molecule has 1 atom stereocenters. The number of hydrogen-bond acceptors (Lipinski definition) is 4. The molecule has 2 amide bonds. The highest BCUT2D eigenvalue weighted by Gasteiger charge is 2.25. The highest BCUT2D eigenvalue weighted by molar-refractivity contribution is 6.09. The van der Waals surface area contributed by atoms with Crippen molar-refractivity contribution in [2.45, 2.75) is 32.4 Å². The number of nitrogens with zero attached hydrogens (tertiary/aromatic N) is 2. The van der Waals surface area contributed by atoms with Gasteiger partial charge in [0.2, 0.25) is 5.91 Å². The van der Waals surface area contributed by atoms with Gasteiger partial charge in [-0.2, -0.15) is 0 Å². The fraction of sp³-hybridized carbons (Fsp3) is 0.162. The Morgan fingerprint density at radius 3 is 2.42 bits per heavy atom. The van der Waals surface area contributed by atoms with E-state index in [4.69, 9.17) is 0 Å². The molecule has 4 aromatic carbocycles. The zero-order valence-corrected chi connectivity index (χ0v) is 24.2. The fourth-order valence-corrected chi connectivity index (χ4v) is 5.56. The molecule has 0 spiro atoms. The van der Waals surface area contributed by atoms with E-state index in [2.05, 4.69) is 71.1 Å². The molecule has 6 rings (SSSR count). The van der Waals surface area contributed by atoms with Gasteiger partial charge in [0.1, 0.15) is 0 Å². The van der Waals surface area contributed by atoms with Crippen molar-refractivity contribution in [3.05, 3.63) is 149 Å². The number of carbonyl (C=O) groups excluding carboxylic acids is 2. The van der Waals surface area contributed by atoms with Gasteiger partial charge in [0.15, 0.2) is 0 Å². The lowest BCUT2D eigenvalue weighted by Gasteiger charge is -2.18. The van der Waals surface area contributed by atoms with Crippen molar-refractivity contribution in [2.75, 3.05) is 16.8 Å². The van der Waals surface area contributed by atoms with Crippen LogP contribution < -0.4 is 15.5 Å². The van der Waals surface area contributed by atoms with Crippen molar-refractivity contribution in [1.29, 1.82) is 0 Å². The molecule has 1 aliphatic rings. The van der Waals surface area contributed by atoms with Gasteiger partial charge in [-0.05, 0) is 77.6 Å². The first kappa shape index (κ1) is 28.1. The van der Waals surface area contributed by atoms with E-state index >= 15 is 0 Å². The first-order valence-corrected chi connectivity index (χ1v) is 14.7. The van der Waals surface area contributed by atoms with Gasteiger partial charge < -0.3 is 15.5 Å². The molecule has 214 valence electrons. The lowest BCUT2D eigenvalue weighted by molar-refractivity contribution is -0.117. The number of pyridine rings is 1. The van der Waals surface area contributed by atoms with E-state index in [0.717, 1.165) is 41.0 Å². The first-order valence-electron chi connectivity index (χ1n) is 14.7. The summed E-state index contributed by atoms with van der Waals surface area (Å²) in [5.74, 6) is -0.144. The Morgan fingerprint density at radius 2 is 1.63 bits per heavy atom. The van der Waals surface area contributed by atoms with Crippen LogP contribution in [-0.2, 0) is 24.2 Å². The van der Waals surface area contributed by atoms with E-state index in [-0.39, 0.29) is 24.3 Å². The maximum Gasteiger partial charge on any atom is 0.256 e. The zero-order valence-electron chi connectivity index (χ0n) is 24.2. The Hall–Kier alpha value is -5.07. The van der Waals surface area contributed by atoms with Crippen LogP contribution in [-0.4, -0.2) is 23.3 Å². The second kappa shape index (κ2) is 12.8. The van der Waals surface area contributed by atoms with Crippen LogP contribution in [0.5, 0.6) is 0 Å². The SMILES string of the molecule is CC(NCc1ccccc1)c1ccc(-c2ccccc2C(=O)Nc2ccc3c(c2)CCN3C(=O)Cc2ccccn2)cc1. The molecule has 6 nitrogen and oxygen atoms in total. The average Bonchev–Trinajstić information content (AvgIpc) is 3.48. The third kappa shape index (κ3) is 6.55. The summed E-state index contributed by atoms with van der Waals surface area (Å²) in [5, 5.41) is 6.66. The van der Waals surface area contributed by atoms with Crippen LogP contribution in [0, 0.1) is 0 Å². The van der Waals surface area contributed by atoms with Crippen LogP contribution in [0.1, 0.15) is 45.7 Å². The molecule has 0 saturated carbocycles. The van der Waals surface area contributed by atoms with Crippen molar-refractivity contribution in [3.8, 4) is 11.1 Å². The number of benzene rings is 4. The maximum atomic E-state index is 13.5. The molecule has 2 N–H and O–H groups in total. The summed E-state index contributed by atoms with van der Waals surface area (Å²) in [6.07, 6.45) is 2.71. The molecule has 43 heavy (non-hydrogen) atoms. The van der Waals surface area contributed by atoms with Crippen molar-refractivity contribution in [3.63, 3.8) is 0 Å². The van der Waals surface area contributed by atoms with Gasteiger partial charge in [-0.1, -0.05) is 78.9 Å². The Labute approximate surface area is 252 Å². The molecule has 1 aliphatic heterocycles. The zero-order chi connectivity index (χ0) is 29.6. The van der Waals surface area contributed by atoms with Crippen LogP contribution in [0.3, 0.4) is 0 Å². The number of fused-ring (bicyclic) bond motifs is 1. The van der Waals surface area contributed by atoms with Gasteiger partial charge in [-0.15, -0.1) is 0 Å². The van der Waals surface area contributed by atoms with Crippen LogP contribution in [0.15, 0.2) is 121 Å². The fourth-order valence-electron chi connectivity index (χ4n) is 5.56. The lowest BCUT2D eigenvalue weighted by Crippen LogP contribution is -2.30. The van der Waals surface area contributed by atoms with Crippen LogP contribution in [0.25, 0.3) is 11.1 Å². The molecule has 2 heterocycles. The molecule has 1 aromatic heterocycles.